The van der Waals surface area contributed by atoms with Crippen LogP contribution in [0, 0.1) is 34.5 Å². The van der Waals surface area contributed by atoms with Crippen LogP contribution in [0.25, 0.3) is 0 Å². The van der Waals surface area contributed by atoms with E-state index in [9.17, 15) is 9.59 Å². The molecule has 0 aromatic heterocycles. The predicted octanol–water partition coefficient (Wildman–Crippen LogP) is 0.445. The summed E-state index contributed by atoms with van der Waals surface area (Å²) < 4.78 is 21.9. The van der Waals surface area contributed by atoms with Crippen molar-refractivity contribution in [3.63, 3.8) is 0 Å². The van der Waals surface area contributed by atoms with E-state index in [-0.39, 0.29) is 60.9 Å². The average molecular weight is 362 g/mol. The Hall–Kier alpha value is -2.12. The molecule has 0 saturated heterocycles. The number of hydrogen-bond donors (Lipinski definition) is 0. The van der Waals surface area contributed by atoms with E-state index in [0.717, 1.165) is 0 Å². The number of rotatable bonds is 4. The summed E-state index contributed by atoms with van der Waals surface area (Å²) >= 11 is 0. The average Bonchev–Trinajstić information content (AvgIpc) is 2.57. The van der Waals surface area contributed by atoms with Gasteiger partial charge in [0.1, 0.15) is 0 Å². The number of hydrogen-bond acceptors (Lipinski definition) is 8. The molecule has 26 heavy (non-hydrogen) atoms. The topological polar surface area (TPSA) is 95.8 Å². The molecule has 0 aromatic rings. The van der Waals surface area contributed by atoms with Gasteiger partial charge >= 0.3 is 11.9 Å². The number of aliphatic imine (C=N–C) groups is 2. The highest BCUT2D eigenvalue weighted by Gasteiger charge is 2.95. The number of fused-ring (bicyclic) bond motifs is 2. The lowest BCUT2D eigenvalue weighted by Gasteiger charge is -2.83. The highest BCUT2D eigenvalue weighted by Crippen LogP contribution is 2.84. The molecule has 0 aromatic carbocycles. The second-order valence-electron chi connectivity index (χ2n) is 7.55. The molecular formula is C18H22N2O6. The zero-order valence-electron chi connectivity index (χ0n) is 15.2. The van der Waals surface area contributed by atoms with Crippen molar-refractivity contribution in [2.24, 2.45) is 44.5 Å². The van der Waals surface area contributed by atoms with E-state index in [1.54, 1.807) is 13.8 Å². The lowest BCUT2D eigenvalue weighted by molar-refractivity contribution is -0.316. The molecule has 3 aliphatic carbocycles. The van der Waals surface area contributed by atoms with Gasteiger partial charge in [-0.2, -0.15) is 0 Å². The SMILES string of the molecule is CCOC(=O)C12C(OC)=NC3C4C1C1C2N=C(OC)C3(C(=O)OCC)C14. The van der Waals surface area contributed by atoms with E-state index >= 15 is 0 Å². The van der Waals surface area contributed by atoms with E-state index in [1.807, 2.05) is 0 Å². The second kappa shape index (κ2) is 4.78. The molecule has 2 aliphatic heterocycles. The van der Waals surface area contributed by atoms with Crippen molar-refractivity contribution in [3.05, 3.63) is 0 Å². The fourth-order valence-corrected chi connectivity index (χ4v) is 6.59. The predicted molar refractivity (Wildman–Crippen MR) is 88.6 cm³/mol. The summed E-state index contributed by atoms with van der Waals surface area (Å²) in [6.07, 6.45) is 0. The summed E-state index contributed by atoms with van der Waals surface area (Å²) in [6, 6.07) is -0.712. The zero-order valence-corrected chi connectivity index (χ0v) is 15.2. The molecule has 0 radical (unpaired) electrons. The van der Waals surface area contributed by atoms with Crippen LogP contribution < -0.4 is 0 Å². The molecule has 4 unspecified atom stereocenters. The molecule has 0 N–H and O–H groups in total. The summed E-state index contributed by atoms with van der Waals surface area (Å²) in [6.45, 7) is 4.13. The lowest BCUT2D eigenvalue weighted by Crippen LogP contribution is -2.94. The minimum atomic E-state index is -0.974. The van der Waals surface area contributed by atoms with Crippen LogP contribution in [0.1, 0.15) is 13.8 Å². The Bertz CT molecular complexity index is 706. The number of esters is 2. The fraction of sp³-hybridized carbons (Fsp3) is 0.778. The minimum absolute atomic E-state index is 0.0682. The van der Waals surface area contributed by atoms with E-state index in [2.05, 4.69) is 0 Å². The number of ether oxygens (including phenoxy) is 4. The van der Waals surface area contributed by atoms with Crippen LogP contribution in [0.2, 0.25) is 0 Å². The monoisotopic (exact) mass is 362 g/mol. The molecule has 8 nitrogen and oxygen atoms in total. The van der Waals surface area contributed by atoms with Gasteiger partial charge in [-0.1, -0.05) is 0 Å². The van der Waals surface area contributed by atoms with Crippen molar-refractivity contribution in [2.75, 3.05) is 27.4 Å². The van der Waals surface area contributed by atoms with Gasteiger partial charge < -0.3 is 18.9 Å². The first-order chi connectivity index (χ1) is 12.6. The van der Waals surface area contributed by atoms with Gasteiger partial charge in [-0.15, -0.1) is 0 Å². The smallest absolute Gasteiger partial charge is 0.324 e. The maximum absolute atomic E-state index is 13.0. The van der Waals surface area contributed by atoms with Crippen LogP contribution >= 0.6 is 0 Å². The molecule has 3 saturated carbocycles. The van der Waals surface area contributed by atoms with Gasteiger partial charge in [-0.3, -0.25) is 9.59 Å². The number of carbonyl (C=O) groups excluding carboxylic acids is 2. The maximum Gasteiger partial charge on any atom is 0.324 e. The van der Waals surface area contributed by atoms with E-state index in [0.29, 0.717) is 11.8 Å². The molecule has 0 amide bonds. The maximum atomic E-state index is 13.0. The van der Waals surface area contributed by atoms with Crippen LogP contribution in [-0.2, 0) is 28.5 Å². The van der Waals surface area contributed by atoms with Gasteiger partial charge in [0.15, 0.2) is 10.8 Å². The van der Waals surface area contributed by atoms with Crippen molar-refractivity contribution >= 4 is 23.7 Å². The Labute approximate surface area is 150 Å². The Morgan fingerprint density at radius 3 is 1.54 bits per heavy atom. The third-order valence-electron chi connectivity index (χ3n) is 7.21. The Balaban J connectivity index is 1.69. The summed E-state index contributed by atoms with van der Waals surface area (Å²) in [5, 5.41) is 0. The third-order valence-corrected chi connectivity index (χ3v) is 7.21. The van der Waals surface area contributed by atoms with Crippen molar-refractivity contribution in [2.45, 2.75) is 25.9 Å². The molecule has 3 fully saturated rings. The van der Waals surface area contributed by atoms with Crippen molar-refractivity contribution in [3.8, 4) is 0 Å². The summed E-state index contributed by atoms with van der Waals surface area (Å²) in [7, 11) is 3.02. The summed E-state index contributed by atoms with van der Waals surface area (Å²) in [5.74, 6) is 0.437. The molecule has 2 heterocycles. The number of carbonyl (C=O) groups is 2. The molecule has 5 rings (SSSR count). The molecule has 0 spiro atoms. The standard InChI is InChI=1S/C18H22N2O6/c1-5-25-15(21)17-9-7-10-8(9)12(20-13(17)23-3)18(10,16(22)26-6-2)14(24-4)19-11(7)17/h7-12H,5-6H2,1-4H3. The Morgan fingerprint density at radius 1 is 0.846 bits per heavy atom. The first-order valence-electron chi connectivity index (χ1n) is 9.15. The Morgan fingerprint density at radius 2 is 1.23 bits per heavy atom. The van der Waals surface area contributed by atoms with Gasteiger partial charge in [0.05, 0.1) is 39.5 Å². The number of nitrogens with zero attached hydrogens (tertiary/aromatic N) is 2. The summed E-state index contributed by atoms with van der Waals surface area (Å²) in [5.41, 5.74) is -1.95. The van der Waals surface area contributed by atoms with Gasteiger partial charge in [-0.25, -0.2) is 9.98 Å². The van der Waals surface area contributed by atoms with Crippen molar-refractivity contribution in [1.29, 1.82) is 0 Å². The van der Waals surface area contributed by atoms with E-state index in [1.165, 1.54) is 14.2 Å². The van der Waals surface area contributed by atoms with Crippen LogP contribution in [0.5, 0.6) is 0 Å². The fourth-order valence-electron chi connectivity index (χ4n) is 6.59. The molecule has 8 heteroatoms. The van der Waals surface area contributed by atoms with Crippen LogP contribution in [0.15, 0.2) is 9.98 Å². The molecule has 0 bridgehead atoms. The van der Waals surface area contributed by atoms with Gasteiger partial charge in [0.25, 0.3) is 0 Å². The molecule has 4 atom stereocenters. The van der Waals surface area contributed by atoms with Gasteiger partial charge in [0, 0.05) is 0 Å². The van der Waals surface area contributed by atoms with Crippen LogP contribution in [-0.4, -0.2) is 63.3 Å². The van der Waals surface area contributed by atoms with E-state index < -0.39 is 10.8 Å². The summed E-state index contributed by atoms with van der Waals surface area (Å²) in [4.78, 5) is 35.4. The second-order valence-corrected chi connectivity index (χ2v) is 7.55. The van der Waals surface area contributed by atoms with Gasteiger partial charge in [-0.05, 0) is 37.5 Å². The first-order valence-corrected chi connectivity index (χ1v) is 9.15. The molecule has 5 aliphatic rings. The van der Waals surface area contributed by atoms with Crippen LogP contribution in [0.4, 0.5) is 0 Å². The first kappa shape index (κ1) is 16.1. The highest BCUT2D eigenvalue weighted by molar-refractivity contribution is 6.13. The number of methoxy groups -OCH3 is 2. The molecular weight excluding hydrogens is 340 g/mol. The van der Waals surface area contributed by atoms with Gasteiger partial charge in [0.2, 0.25) is 11.8 Å². The quantitative estimate of drug-likeness (QED) is 0.674. The minimum Gasteiger partial charge on any atom is -0.483 e. The lowest BCUT2D eigenvalue weighted by atomic mass is 9.20. The molecule has 140 valence electrons. The zero-order chi connectivity index (χ0) is 18.4. The van der Waals surface area contributed by atoms with Crippen molar-refractivity contribution in [1.82, 2.24) is 0 Å². The normalized spacial score (nSPS) is 47.8. The van der Waals surface area contributed by atoms with Crippen LogP contribution in [0.3, 0.4) is 0 Å². The van der Waals surface area contributed by atoms with E-state index in [4.69, 9.17) is 28.9 Å². The van der Waals surface area contributed by atoms with Crippen molar-refractivity contribution < 1.29 is 28.5 Å². The highest BCUT2D eigenvalue weighted by atomic mass is 16.5. The third kappa shape index (κ3) is 1.24. The largest absolute Gasteiger partial charge is 0.483 e. The Kier molecular flexibility index (Phi) is 2.96.